The van der Waals surface area contributed by atoms with Crippen molar-refractivity contribution in [3.05, 3.63) is 65.2 Å². The Kier molecular flexibility index (Phi) is 7.03. The van der Waals surface area contributed by atoms with Gasteiger partial charge < -0.3 is 15.1 Å². The largest absolute Gasteiger partial charge is 0.505 e. The van der Waals surface area contributed by atoms with E-state index in [1.807, 2.05) is 12.1 Å². The number of phenols is 1. The third-order valence-electron chi connectivity index (χ3n) is 5.91. The quantitative estimate of drug-likeness (QED) is 0.706. The molecule has 3 rings (SSSR count). The molecule has 1 heterocycles. The minimum absolute atomic E-state index is 0.146. The third kappa shape index (κ3) is 5.30. The van der Waals surface area contributed by atoms with Crippen molar-refractivity contribution in [3.8, 4) is 5.75 Å². The molecule has 1 fully saturated rings. The van der Waals surface area contributed by atoms with E-state index >= 15 is 0 Å². The highest BCUT2D eigenvalue weighted by Crippen LogP contribution is 2.30. The molecule has 3 atom stereocenters. The van der Waals surface area contributed by atoms with Crippen LogP contribution in [0.2, 0.25) is 0 Å². The van der Waals surface area contributed by atoms with E-state index in [0.29, 0.717) is 5.92 Å². The summed E-state index contributed by atoms with van der Waals surface area (Å²) in [7, 11) is 0. The maximum Gasteiger partial charge on any atom is 0.165 e. The van der Waals surface area contributed by atoms with E-state index in [-0.39, 0.29) is 30.0 Å². The lowest BCUT2D eigenvalue weighted by atomic mass is 9.91. The first-order chi connectivity index (χ1) is 13.5. The highest BCUT2D eigenvalue weighted by Gasteiger charge is 2.32. The lowest BCUT2D eigenvalue weighted by molar-refractivity contribution is 0.195. The number of aryl methyl sites for hydroxylation is 1. The fraction of sp³-hybridized carbons (Fsp3) is 0.478. The van der Waals surface area contributed by atoms with Crippen LogP contribution in [0.5, 0.6) is 5.75 Å². The molecule has 28 heavy (non-hydrogen) atoms. The van der Waals surface area contributed by atoms with Crippen LogP contribution in [-0.2, 0) is 6.42 Å². The summed E-state index contributed by atoms with van der Waals surface area (Å²) in [6, 6.07) is 11.2. The lowest BCUT2D eigenvalue weighted by Gasteiger charge is -2.21. The first kappa shape index (κ1) is 20.7. The standard InChI is InChI=1S/C23H29F2NO2/c1-16(18-7-10-23(28)22(25)11-18)12-26-13-19(20(14-26)15-27)4-2-3-17-5-8-21(24)9-6-17/h5-11,16,19-20,27-28H,2-4,12-15H2,1H3/t16?,19-,20-/m1/s1. The summed E-state index contributed by atoms with van der Waals surface area (Å²) in [5.74, 6) is -0.270. The van der Waals surface area contributed by atoms with Crippen LogP contribution in [0.25, 0.3) is 0 Å². The normalized spacial score (nSPS) is 21.1. The van der Waals surface area contributed by atoms with Gasteiger partial charge in [-0.1, -0.05) is 25.1 Å². The molecule has 0 amide bonds. The van der Waals surface area contributed by atoms with Gasteiger partial charge in [-0.05, 0) is 72.4 Å². The number of aliphatic hydroxyl groups excluding tert-OH is 1. The average molecular weight is 389 g/mol. The predicted molar refractivity (Wildman–Crippen MR) is 106 cm³/mol. The fourth-order valence-electron chi connectivity index (χ4n) is 4.26. The molecule has 0 radical (unpaired) electrons. The second-order valence-corrected chi connectivity index (χ2v) is 8.05. The number of phenolic OH excluding ortho intramolecular Hbond substituents is 1. The van der Waals surface area contributed by atoms with Crippen LogP contribution in [0.4, 0.5) is 8.78 Å². The minimum atomic E-state index is -0.585. The Morgan fingerprint density at radius 3 is 2.46 bits per heavy atom. The van der Waals surface area contributed by atoms with Gasteiger partial charge in [0, 0.05) is 26.2 Å². The maximum atomic E-state index is 13.6. The summed E-state index contributed by atoms with van der Waals surface area (Å²) >= 11 is 0. The van der Waals surface area contributed by atoms with Gasteiger partial charge in [0.15, 0.2) is 11.6 Å². The maximum absolute atomic E-state index is 13.6. The molecule has 2 N–H and O–H groups in total. The second kappa shape index (κ2) is 9.48. The van der Waals surface area contributed by atoms with E-state index in [0.717, 1.165) is 50.0 Å². The van der Waals surface area contributed by atoms with E-state index in [1.165, 1.54) is 24.3 Å². The summed E-state index contributed by atoms with van der Waals surface area (Å²) in [6.07, 6.45) is 2.96. The Labute approximate surface area is 165 Å². The molecule has 1 saturated heterocycles. The van der Waals surface area contributed by atoms with E-state index in [4.69, 9.17) is 0 Å². The van der Waals surface area contributed by atoms with Crippen LogP contribution in [-0.4, -0.2) is 41.4 Å². The molecule has 1 unspecified atom stereocenters. The molecule has 1 aliphatic rings. The number of aromatic hydroxyl groups is 1. The monoisotopic (exact) mass is 389 g/mol. The van der Waals surface area contributed by atoms with Crippen LogP contribution in [0.15, 0.2) is 42.5 Å². The molecule has 0 bridgehead atoms. The molecule has 2 aromatic rings. The Morgan fingerprint density at radius 1 is 1.07 bits per heavy atom. The number of hydrogen-bond acceptors (Lipinski definition) is 3. The van der Waals surface area contributed by atoms with Crippen molar-refractivity contribution in [2.45, 2.75) is 32.1 Å². The predicted octanol–water partition coefficient (Wildman–Crippen LogP) is 4.34. The Bertz CT molecular complexity index is 766. The van der Waals surface area contributed by atoms with Gasteiger partial charge >= 0.3 is 0 Å². The van der Waals surface area contributed by atoms with Crippen LogP contribution in [0, 0.1) is 23.5 Å². The van der Waals surface area contributed by atoms with Crippen molar-refractivity contribution >= 4 is 0 Å². The van der Waals surface area contributed by atoms with Crippen LogP contribution in [0.3, 0.4) is 0 Å². The number of likely N-dealkylation sites (tertiary alicyclic amines) is 1. The molecule has 1 aliphatic heterocycles. The summed E-state index contributed by atoms with van der Waals surface area (Å²) < 4.78 is 26.6. The topological polar surface area (TPSA) is 43.7 Å². The van der Waals surface area contributed by atoms with Gasteiger partial charge in [-0.25, -0.2) is 8.78 Å². The fourth-order valence-corrected chi connectivity index (χ4v) is 4.26. The second-order valence-electron chi connectivity index (χ2n) is 8.05. The van der Waals surface area contributed by atoms with Crippen molar-refractivity contribution in [1.82, 2.24) is 4.90 Å². The molecular weight excluding hydrogens is 360 g/mol. The number of hydrogen-bond donors (Lipinski definition) is 2. The van der Waals surface area contributed by atoms with Gasteiger partial charge in [-0.3, -0.25) is 0 Å². The van der Waals surface area contributed by atoms with Gasteiger partial charge in [0.25, 0.3) is 0 Å². The summed E-state index contributed by atoms with van der Waals surface area (Å²) in [5, 5.41) is 19.1. The Morgan fingerprint density at radius 2 is 1.79 bits per heavy atom. The molecule has 3 nitrogen and oxygen atoms in total. The highest BCUT2D eigenvalue weighted by molar-refractivity contribution is 5.30. The molecule has 5 heteroatoms. The van der Waals surface area contributed by atoms with E-state index < -0.39 is 5.82 Å². The van der Waals surface area contributed by atoms with Crippen molar-refractivity contribution in [1.29, 1.82) is 0 Å². The number of halogens is 2. The van der Waals surface area contributed by atoms with Gasteiger partial charge in [-0.2, -0.15) is 0 Å². The van der Waals surface area contributed by atoms with E-state index in [1.54, 1.807) is 6.07 Å². The van der Waals surface area contributed by atoms with Crippen molar-refractivity contribution < 1.29 is 19.0 Å². The van der Waals surface area contributed by atoms with Gasteiger partial charge in [-0.15, -0.1) is 0 Å². The zero-order valence-corrected chi connectivity index (χ0v) is 16.3. The van der Waals surface area contributed by atoms with Gasteiger partial charge in [0.1, 0.15) is 5.82 Å². The van der Waals surface area contributed by atoms with Crippen LogP contribution in [0.1, 0.15) is 36.8 Å². The molecule has 2 aromatic carbocycles. The number of aliphatic hydroxyl groups is 1. The zero-order valence-electron chi connectivity index (χ0n) is 16.3. The molecule has 152 valence electrons. The lowest BCUT2D eigenvalue weighted by Crippen LogP contribution is -2.26. The first-order valence-corrected chi connectivity index (χ1v) is 10.0. The smallest absolute Gasteiger partial charge is 0.165 e. The minimum Gasteiger partial charge on any atom is -0.505 e. The van der Waals surface area contributed by atoms with Gasteiger partial charge in [0.05, 0.1) is 0 Å². The third-order valence-corrected chi connectivity index (χ3v) is 5.91. The molecule has 0 saturated carbocycles. The molecule has 0 spiro atoms. The van der Waals surface area contributed by atoms with Gasteiger partial charge in [0.2, 0.25) is 0 Å². The summed E-state index contributed by atoms with van der Waals surface area (Å²) in [4.78, 5) is 2.35. The number of rotatable bonds is 8. The zero-order chi connectivity index (χ0) is 20.1. The average Bonchev–Trinajstić information content (AvgIpc) is 3.07. The molecule has 0 aliphatic carbocycles. The summed E-state index contributed by atoms with van der Waals surface area (Å²) in [6.45, 7) is 4.82. The van der Waals surface area contributed by atoms with Crippen molar-refractivity contribution in [2.75, 3.05) is 26.2 Å². The Balaban J connectivity index is 1.50. The highest BCUT2D eigenvalue weighted by atomic mass is 19.1. The van der Waals surface area contributed by atoms with Crippen LogP contribution < -0.4 is 0 Å². The first-order valence-electron chi connectivity index (χ1n) is 10.0. The van der Waals surface area contributed by atoms with Crippen molar-refractivity contribution in [3.63, 3.8) is 0 Å². The molecular formula is C23H29F2NO2. The van der Waals surface area contributed by atoms with Crippen LogP contribution >= 0.6 is 0 Å². The number of nitrogens with zero attached hydrogens (tertiary/aromatic N) is 1. The molecule has 0 aromatic heterocycles. The van der Waals surface area contributed by atoms with E-state index in [2.05, 4.69) is 11.8 Å². The Hall–Kier alpha value is -1.98. The van der Waals surface area contributed by atoms with Crippen molar-refractivity contribution in [2.24, 2.45) is 11.8 Å². The summed E-state index contributed by atoms with van der Waals surface area (Å²) in [5.41, 5.74) is 2.01. The van der Waals surface area contributed by atoms with E-state index in [9.17, 15) is 19.0 Å². The SMILES string of the molecule is CC(CN1C[C@@H](CCCc2ccc(F)cc2)[C@@H](CO)C1)c1ccc(O)c(F)c1. The number of benzene rings is 2.